The summed E-state index contributed by atoms with van der Waals surface area (Å²) in [5.74, 6) is -0.545. The number of rotatable bonds is 7. The first kappa shape index (κ1) is 18.6. The number of sulfonamides is 1. The Morgan fingerprint density at radius 3 is 2.20 bits per heavy atom. The van der Waals surface area contributed by atoms with E-state index < -0.39 is 10.0 Å². The molecule has 0 aliphatic heterocycles. The van der Waals surface area contributed by atoms with Gasteiger partial charge in [-0.05, 0) is 36.4 Å². The average Bonchev–Trinajstić information content (AvgIpc) is 2.62. The maximum Gasteiger partial charge on any atom is 0.251 e. The lowest BCUT2D eigenvalue weighted by molar-refractivity contribution is -0.116. The van der Waals surface area contributed by atoms with E-state index in [2.05, 4.69) is 15.4 Å². The molecule has 0 radical (unpaired) electrons. The van der Waals surface area contributed by atoms with Crippen LogP contribution in [0.2, 0.25) is 0 Å². The van der Waals surface area contributed by atoms with Crippen molar-refractivity contribution in [1.82, 2.24) is 10.0 Å². The lowest BCUT2D eigenvalue weighted by atomic mass is 10.2. The minimum atomic E-state index is -3.62. The lowest BCUT2D eigenvalue weighted by Crippen LogP contribution is -2.27. The number of carbonyl (C=O) groups is 2. The summed E-state index contributed by atoms with van der Waals surface area (Å²) in [6, 6.07) is 14.3. The van der Waals surface area contributed by atoms with Crippen LogP contribution in [-0.2, 0) is 14.8 Å². The second kappa shape index (κ2) is 8.41. The van der Waals surface area contributed by atoms with Gasteiger partial charge in [-0.25, -0.2) is 13.1 Å². The third-order valence-corrected chi connectivity index (χ3v) is 4.83. The molecule has 0 saturated heterocycles. The standard InChI is InChI=1S/C17H19N3O4S/c1-18-17(22)13-7-9-14(10-8-13)20-16(21)11-12-19-25(23,24)15-5-3-2-4-6-15/h2-10,19H,11-12H2,1H3,(H,18,22)(H,20,21). The molecule has 7 nitrogen and oxygen atoms in total. The second-order valence-electron chi connectivity index (χ2n) is 5.17. The van der Waals surface area contributed by atoms with E-state index in [-0.39, 0.29) is 29.7 Å². The summed E-state index contributed by atoms with van der Waals surface area (Å²) in [7, 11) is -2.09. The molecule has 2 amide bonds. The van der Waals surface area contributed by atoms with E-state index in [0.29, 0.717) is 11.3 Å². The van der Waals surface area contributed by atoms with E-state index in [9.17, 15) is 18.0 Å². The van der Waals surface area contributed by atoms with Crippen LogP contribution in [0.3, 0.4) is 0 Å². The van der Waals surface area contributed by atoms with Crippen molar-refractivity contribution in [3.63, 3.8) is 0 Å². The largest absolute Gasteiger partial charge is 0.355 e. The molecule has 0 heterocycles. The number of anilines is 1. The fourth-order valence-electron chi connectivity index (χ4n) is 2.05. The molecule has 0 fully saturated rings. The molecule has 0 saturated carbocycles. The van der Waals surface area contributed by atoms with Crippen molar-refractivity contribution in [2.24, 2.45) is 0 Å². The van der Waals surface area contributed by atoms with E-state index in [1.165, 1.54) is 19.2 Å². The summed E-state index contributed by atoms with van der Waals surface area (Å²) in [5, 5.41) is 5.15. The molecule has 8 heteroatoms. The van der Waals surface area contributed by atoms with Crippen molar-refractivity contribution in [2.45, 2.75) is 11.3 Å². The molecular weight excluding hydrogens is 342 g/mol. The molecule has 0 aliphatic carbocycles. The van der Waals surface area contributed by atoms with Gasteiger partial charge in [0.05, 0.1) is 4.90 Å². The van der Waals surface area contributed by atoms with Gasteiger partial charge in [0.2, 0.25) is 15.9 Å². The smallest absolute Gasteiger partial charge is 0.251 e. The first-order valence-corrected chi connectivity index (χ1v) is 9.07. The minimum absolute atomic E-state index is 0.0107. The summed E-state index contributed by atoms with van der Waals surface area (Å²) in [6.07, 6.45) is -0.0107. The summed E-state index contributed by atoms with van der Waals surface area (Å²) in [5.41, 5.74) is 1.01. The number of amides is 2. The molecule has 2 rings (SSSR count). The molecule has 3 N–H and O–H groups in total. The lowest BCUT2D eigenvalue weighted by Gasteiger charge is -2.08. The Kier molecular flexibility index (Phi) is 6.26. The number of hydrogen-bond acceptors (Lipinski definition) is 4. The highest BCUT2D eigenvalue weighted by atomic mass is 32.2. The molecule has 0 aromatic heterocycles. The zero-order chi connectivity index (χ0) is 18.3. The van der Waals surface area contributed by atoms with E-state index in [1.54, 1.807) is 42.5 Å². The highest BCUT2D eigenvalue weighted by Crippen LogP contribution is 2.10. The van der Waals surface area contributed by atoms with Crippen molar-refractivity contribution in [1.29, 1.82) is 0 Å². The predicted molar refractivity (Wildman–Crippen MR) is 94.7 cm³/mol. The normalized spacial score (nSPS) is 10.9. The molecule has 0 atom stereocenters. The molecule has 132 valence electrons. The Hall–Kier alpha value is -2.71. The summed E-state index contributed by atoms with van der Waals surface area (Å²) in [6.45, 7) is -0.0145. The van der Waals surface area contributed by atoms with Crippen molar-refractivity contribution in [2.75, 3.05) is 18.9 Å². The highest BCUT2D eigenvalue weighted by Gasteiger charge is 2.13. The van der Waals surface area contributed by atoms with Crippen molar-refractivity contribution < 1.29 is 18.0 Å². The van der Waals surface area contributed by atoms with E-state index >= 15 is 0 Å². The summed E-state index contributed by atoms with van der Waals surface area (Å²) >= 11 is 0. The topological polar surface area (TPSA) is 104 Å². The Morgan fingerprint density at radius 1 is 0.960 bits per heavy atom. The predicted octanol–water partition coefficient (Wildman–Crippen LogP) is 1.35. The van der Waals surface area contributed by atoms with Crippen molar-refractivity contribution >= 4 is 27.5 Å². The van der Waals surface area contributed by atoms with Crippen molar-refractivity contribution in [3.05, 3.63) is 60.2 Å². The Morgan fingerprint density at radius 2 is 1.60 bits per heavy atom. The van der Waals surface area contributed by atoms with Gasteiger partial charge in [0.1, 0.15) is 0 Å². The number of benzene rings is 2. The van der Waals surface area contributed by atoms with Gasteiger partial charge in [-0.3, -0.25) is 9.59 Å². The van der Waals surface area contributed by atoms with Gasteiger partial charge in [0.15, 0.2) is 0 Å². The average molecular weight is 361 g/mol. The Labute approximate surface area is 146 Å². The van der Waals surface area contributed by atoms with Crippen LogP contribution in [0.25, 0.3) is 0 Å². The summed E-state index contributed by atoms with van der Waals surface area (Å²) < 4.78 is 26.4. The van der Waals surface area contributed by atoms with Crippen molar-refractivity contribution in [3.8, 4) is 0 Å². The Bertz CT molecular complexity index is 834. The van der Waals surface area contributed by atoms with Crippen LogP contribution in [0, 0.1) is 0 Å². The number of carbonyl (C=O) groups excluding carboxylic acids is 2. The van der Waals surface area contributed by atoms with Crippen LogP contribution in [0.15, 0.2) is 59.5 Å². The molecule has 0 bridgehead atoms. The Balaban J connectivity index is 1.84. The number of hydrogen-bond donors (Lipinski definition) is 3. The van der Waals surface area contributed by atoms with Crippen LogP contribution in [0.1, 0.15) is 16.8 Å². The van der Waals surface area contributed by atoms with Gasteiger partial charge < -0.3 is 10.6 Å². The second-order valence-corrected chi connectivity index (χ2v) is 6.93. The van der Waals surface area contributed by atoms with Crippen LogP contribution in [0.4, 0.5) is 5.69 Å². The SMILES string of the molecule is CNC(=O)c1ccc(NC(=O)CCNS(=O)(=O)c2ccccc2)cc1. The first-order valence-electron chi connectivity index (χ1n) is 7.59. The van der Waals surface area contributed by atoms with E-state index in [1.807, 2.05) is 0 Å². The van der Waals surface area contributed by atoms with Crippen LogP contribution >= 0.6 is 0 Å². The minimum Gasteiger partial charge on any atom is -0.355 e. The molecule has 2 aromatic carbocycles. The first-order chi connectivity index (χ1) is 11.9. The molecule has 0 aliphatic rings. The third kappa shape index (κ3) is 5.40. The fraction of sp³-hybridized carbons (Fsp3) is 0.176. The molecule has 0 unspecified atom stereocenters. The van der Waals surface area contributed by atoms with Gasteiger partial charge in [-0.15, -0.1) is 0 Å². The quantitative estimate of drug-likeness (QED) is 0.692. The molecular formula is C17H19N3O4S. The van der Waals surface area contributed by atoms with E-state index in [4.69, 9.17) is 0 Å². The van der Waals surface area contributed by atoms with E-state index in [0.717, 1.165) is 0 Å². The number of nitrogens with one attached hydrogen (secondary N) is 3. The molecule has 25 heavy (non-hydrogen) atoms. The van der Waals surface area contributed by atoms with Crippen LogP contribution in [0.5, 0.6) is 0 Å². The van der Waals surface area contributed by atoms with Crippen LogP contribution in [-0.4, -0.2) is 33.8 Å². The highest BCUT2D eigenvalue weighted by molar-refractivity contribution is 7.89. The maximum absolute atomic E-state index is 12.0. The monoisotopic (exact) mass is 361 g/mol. The van der Waals surface area contributed by atoms with Gasteiger partial charge in [0, 0.05) is 31.3 Å². The van der Waals surface area contributed by atoms with Gasteiger partial charge in [0.25, 0.3) is 5.91 Å². The third-order valence-electron chi connectivity index (χ3n) is 3.36. The van der Waals surface area contributed by atoms with Crippen LogP contribution < -0.4 is 15.4 Å². The zero-order valence-corrected chi connectivity index (χ0v) is 14.5. The summed E-state index contributed by atoms with van der Waals surface area (Å²) in [4.78, 5) is 23.5. The molecule has 0 spiro atoms. The van der Waals surface area contributed by atoms with Gasteiger partial charge in [-0.1, -0.05) is 18.2 Å². The fourth-order valence-corrected chi connectivity index (χ4v) is 3.11. The van der Waals surface area contributed by atoms with Gasteiger partial charge in [-0.2, -0.15) is 0 Å². The molecule has 2 aromatic rings. The van der Waals surface area contributed by atoms with Gasteiger partial charge >= 0.3 is 0 Å². The zero-order valence-electron chi connectivity index (χ0n) is 13.7. The maximum atomic E-state index is 12.0.